The minimum Gasteiger partial charge on any atom is -0.360 e. The van der Waals surface area contributed by atoms with Gasteiger partial charge in [-0.25, -0.2) is 4.39 Å². The van der Waals surface area contributed by atoms with E-state index in [0.717, 1.165) is 31.9 Å². The van der Waals surface area contributed by atoms with E-state index in [4.69, 9.17) is 0 Å². The van der Waals surface area contributed by atoms with E-state index in [-0.39, 0.29) is 23.4 Å². The Kier molecular flexibility index (Phi) is 5.86. The van der Waals surface area contributed by atoms with Crippen LogP contribution in [-0.4, -0.2) is 43.9 Å². The van der Waals surface area contributed by atoms with E-state index in [1.807, 2.05) is 31.2 Å². The Hall–Kier alpha value is -2.73. The number of ketones is 1. The summed E-state index contributed by atoms with van der Waals surface area (Å²) >= 11 is 0. The summed E-state index contributed by atoms with van der Waals surface area (Å²) in [5.41, 5.74) is 2.02. The lowest BCUT2D eigenvalue weighted by atomic mass is 10.1. The van der Waals surface area contributed by atoms with Crippen molar-refractivity contribution in [2.75, 3.05) is 36.4 Å². The van der Waals surface area contributed by atoms with Crippen LogP contribution in [0.4, 0.5) is 15.8 Å². The van der Waals surface area contributed by atoms with Crippen molar-refractivity contribution in [2.24, 2.45) is 0 Å². The summed E-state index contributed by atoms with van der Waals surface area (Å²) < 4.78 is 13.7. The highest BCUT2D eigenvalue weighted by Crippen LogP contribution is 2.16. The fourth-order valence-electron chi connectivity index (χ4n) is 3.38. The smallest absolute Gasteiger partial charge is 0.282 e. The molecule has 1 amide bonds. The Balaban J connectivity index is 1.55. The van der Waals surface area contributed by atoms with E-state index >= 15 is 0 Å². The lowest BCUT2D eigenvalue weighted by Crippen LogP contribution is -3.19. The first kappa shape index (κ1) is 19.0. The molecule has 2 aromatic rings. The zero-order chi connectivity index (χ0) is 19.4. The number of para-hydroxylation sites is 1. The predicted octanol–water partition coefficient (Wildman–Crippen LogP) is 1.76. The second kappa shape index (κ2) is 8.31. The Labute approximate surface area is 158 Å². The number of quaternary nitrogens is 1. The summed E-state index contributed by atoms with van der Waals surface area (Å²) in [5.74, 6) is -0.535. The van der Waals surface area contributed by atoms with Crippen LogP contribution in [0, 0.1) is 5.82 Å². The van der Waals surface area contributed by atoms with E-state index in [0.29, 0.717) is 5.56 Å². The van der Waals surface area contributed by atoms with Crippen molar-refractivity contribution in [3.8, 4) is 0 Å². The van der Waals surface area contributed by atoms with Crippen LogP contribution in [0.1, 0.15) is 24.2 Å². The third-order valence-corrected chi connectivity index (χ3v) is 5.18. The zero-order valence-corrected chi connectivity index (χ0v) is 15.7. The van der Waals surface area contributed by atoms with Crippen LogP contribution < -0.4 is 15.1 Å². The van der Waals surface area contributed by atoms with Gasteiger partial charge in [0, 0.05) is 11.3 Å². The molecule has 0 aliphatic carbocycles. The van der Waals surface area contributed by atoms with Crippen LogP contribution >= 0.6 is 0 Å². The molecule has 2 aromatic carbocycles. The molecule has 142 valence electrons. The number of hydrogen-bond donors (Lipinski definition) is 2. The molecular weight excluding hydrogens is 345 g/mol. The minimum absolute atomic E-state index is 0.0607. The van der Waals surface area contributed by atoms with Crippen LogP contribution in [0.25, 0.3) is 0 Å². The molecule has 1 saturated heterocycles. The maximum Gasteiger partial charge on any atom is 0.282 e. The first-order valence-electron chi connectivity index (χ1n) is 9.21. The van der Waals surface area contributed by atoms with Gasteiger partial charge in [-0.3, -0.25) is 9.59 Å². The van der Waals surface area contributed by atoms with Crippen LogP contribution in [0.15, 0.2) is 48.5 Å². The number of amides is 1. The summed E-state index contributed by atoms with van der Waals surface area (Å²) in [4.78, 5) is 27.3. The van der Waals surface area contributed by atoms with Gasteiger partial charge in [0.2, 0.25) is 0 Å². The molecule has 27 heavy (non-hydrogen) atoms. The topological polar surface area (TPSA) is 53.9 Å². The Morgan fingerprint density at radius 2 is 1.70 bits per heavy atom. The first-order valence-corrected chi connectivity index (χ1v) is 9.21. The molecule has 1 atom stereocenters. The summed E-state index contributed by atoms with van der Waals surface area (Å²) in [6.07, 6.45) is 0. The van der Waals surface area contributed by atoms with Gasteiger partial charge in [-0.05, 0) is 50.2 Å². The molecule has 0 radical (unpaired) electrons. The lowest BCUT2D eigenvalue weighted by molar-refractivity contribution is -0.914. The first-order chi connectivity index (χ1) is 13.0. The van der Waals surface area contributed by atoms with Crippen molar-refractivity contribution >= 4 is 23.1 Å². The van der Waals surface area contributed by atoms with Gasteiger partial charge in [0.1, 0.15) is 5.82 Å². The number of piperazine rings is 1. The Morgan fingerprint density at radius 1 is 1.07 bits per heavy atom. The molecule has 1 heterocycles. The molecule has 0 spiro atoms. The zero-order valence-electron chi connectivity index (χ0n) is 15.7. The monoisotopic (exact) mass is 370 g/mol. The number of carbonyl (C=O) groups excluding carboxylic acids is 2. The normalized spacial score (nSPS) is 16.0. The van der Waals surface area contributed by atoms with Gasteiger partial charge >= 0.3 is 0 Å². The number of anilines is 2. The van der Waals surface area contributed by atoms with E-state index in [2.05, 4.69) is 10.2 Å². The Bertz CT molecular complexity index is 814. The number of carbonyl (C=O) groups is 2. The van der Waals surface area contributed by atoms with Crippen LogP contribution in [0.2, 0.25) is 0 Å². The van der Waals surface area contributed by atoms with Crippen LogP contribution in [-0.2, 0) is 4.79 Å². The molecule has 0 aromatic heterocycles. The molecule has 2 N–H and O–H groups in total. The fraction of sp³-hybridized carbons (Fsp3) is 0.333. The van der Waals surface area contributed by atoms with E-state index in [9.17, 15) is 14.0 Å². The second-order valence-electron chi connectivity index (χ2n) is 6.94. The fourth-order valence-corrected chi connectivity index (χ4v) is 3.38. The standard InChI is InChI=1S/C21H24FN3O2/c1-15(21(27)23-20-6-4-3-5-19(20)22)24-11-13-25(14-12-24)18-9-7-17(8-10-18)16(2)26/h3-10,15H,11-14H2,1-2H3,(H,23,27)/p+1/t15-/m0/s1. The van der Waals surface area contributed by atoms with Crippen molar-refractivity contribution in [3.63, 3.8) is 0 Å². The average molecular weight is 370 g/mol. The number of hydrogen-bond acceptors (Lipinski definition) is 3. The van der Waals surface area contributed by atoms with Crippen molar-refractivity contribution in [3.05, 3.63) is 59.9 Å². The number of Topliss-reactive ketones (excluding diaryl/α,β-unsaturated/α-hetero) is 1. The minimum atomic E-state index is -0.424. The molecular formula is C21H25FN3O2+. The van der Waals surface area contributed by atoms with Gasteiger partial charge in [0.25, 0.3) is 5.91 Å². The summed E-state index contributed by atoms with van der Waals surface area (Å²) in [7, 11) is 0. The Morgan fingerprint density at radius 3 is 2.30 bits per heavy atom. The highest BCUT2D eigenvalue weighted by Gasteiger charge is 2.29. The van der Waals surface area contributed by atoms with Gasteiger partial charge in [-0.1, -0.05) is 12.1 Å². The van der Waals surface area contributed by atoms with Crippen molar-refractivity contribution in [1.82, 2.24) is 0 Å². The quantitative estimate of drug-likeness (QED) is 0.789. The molecule has 1 aliphatic rings. The highest BCUT2D eigenvalue weighted by atomic mass is 19.1. The molecule has 5 nitrogen and oxygen atoms in total. The van der Waals surface area contributed by atoms with E-state index in [1.54, 1.807) is 25.1 Å². The summed E-state index contributed by atoms with van der Waals surface area (Å²) in [6.45, 7) is 6.73. The SMILES string of the molecule is CC(=O)c1ccc(N2CC[NH+]([C@@H](C)C(=O)Nc3ccccc3F)CC2)cc1. The lowest BCUT2D eigenvalue weighted by Gasteiger charge is -2.36. The number of halogens is 1. The van der Waals surface area contributed by atoms with E-state index < -0.39 is 5.82 Å². The molecule has 0 unspecified atom stereocenters. The third-order valence-electron chi connectivity index (χ3n) is 5.18. The number of nitrogens with zero attached hydrogens (tertiary/aromatic N) is 1. The number of rotatable bonds is 5. The van der Waals surface area contributed by atoms with Gasteiger partial charge in [-0.2, -0.15) is 0 Å². The van der Waals surface area contributed by atoms with Gasteiger partial charge < -0.3 is 15.1 Å². The summed E-state index contributed by atoms with van der Waals surface area (Å²) in [6, 6.07) is 13.6. The predicted molar refractivity (Wildman–Crippen MR) is 104 cm³/mol. The maximum atomic E-state index is 13.7. The third kappa shape index (κ3) is 4.52. The number of benzene rings is 2. The summed E-state index contributed by atoms with van der Waals surface area (Å²) in [5, 5.41) is 2.69. The molecule has 0 saturated carbocycles. The highest BCUT2D eigenvalue weighted by molar-refractivity contribution is 5.94. The van der Waals surface area contributed by atoms with Gasteiger partial charge in [-0.15, -0.1) is 0 Å². The molecule has 0 bridgehead atoms. The van der Waals surface area contributed by atoms with Crippen molar-refractivity contribution in [2.45, 2.75) is 19.9 Å². The van der Waals surface area contributed by atoms with Crippen LogP contribution in [0.3, 0.4) is 0 Å². The van der Waals surface area contributed by atoms with Crippen LogP contribution in [0.5, 0.6) is 0 Å². The molecule has 1 fully saturated rings. The van der Waals surface area contributed by atoms with Crippen molar-refractivity contribution in [1.29, 1.82) is 0 Å². The number of nitrogens with one attached hydrogen (secondary N) is 2. The van der Waals surface area contributed by atoms with Gasteiger partial charge in [0.15, 0.2) is 11.8 Å². The van der Waals surface area contributed by atoms with Gasteiger partial charge in [0.05, 0.1) is 31.9 Å². The molecule has 1 aliphatic heterocycles. The molecule has 6 heteroatoms. The van der Waals surface area contributed by atoms with E-state index in [1.165, 1.54) is 11.0 Å². The molecule has 3 rings (SSSR count). The van der Waals surface area contributed by atoms with Crippen molar-refractivity contribution < 1.29 is 18.9 Å². The second-order valence-corrected chi connectivity index (χ2v) is 6.94. The average Bonchev–Trinajstić information content (AvgIpc) is 2.69. The maximum absolute atomic E-state index is 13.7. The largest absolute Gasteiger partial charge is 0.360 e.